The van der Waals surface area contributed by atoms with Gasteiger partial charge in [-0.2, -0.15) is 0 Å². The van der Waals surface area contributed by atoms with Crippen molar-refractivity contribution in [1.82, 2.24) is 0 Å². The molecule has 0 amide bonds. The average molecular weight is 398 g/mol. The molecule has 2 aromatic carbocycles. The van der Waals surface area contributed by atoms with E-state index < -0.39 is 22.9 Å². The summed E-state index contributed by atoms with van der Waals surface area (Å²) in [6.07, 6.45) is 3.44. The van der Waals surface area contributed by atoms with E-state index in [1.165, 1.54) is 36.6 Å². The maximum absolute atomic E-state index is 12.1. The fraction of sp³-hybridized carbons (Fsp3) is 0.238. The zero-order valence-electron chi connectivity index (χ0n) is 15.9. The zero-order valence-corrected chi connectivity index (χ0v) is 15.9. The number of hydrogen-bond acceptors (Lipinski definition) is 7. The number of esters is 1. The van der Waals surface area contributed by atoms with Crippen LogP contribution >= 0.6 is 0 Å². The van der Waals surface area contributed by atoms with E-state index >= 15 is 0 Å². The molecule has 8 nitrogen and oxygen atoms in total. The Hall–Kier alpha value is -3.52. The van der Waals surface area contributed by atoms with Crippen molar-refractivity contribution in [3.63, 3.8) is 0 Å². The number of benzene rings is 2. The molecule has 2 atom stereocenters. The topological polar surface area (TPSA) is 111 Å². The number of rotatable bonds is 10. The van der Waals surface area contributed by atoms with Crippen LogP contribution in [0.5, 0.6) is 0 Å². The molecule has 8 heteroatoms. The molecule has 29 heavy (non-hydrogen) atoms. The van der Waals surface area contributed by atoms with Crippen LogP contribution in [0.1, 0.15) is 18.1 Å². The van der Waals surface area contributed by atoms with Crippen LogP contribution in [-0.4, -0.2) is 41.5 Å². The Balaban J connectivity index is 1.97. The summed E-state index contributed by atoms with van der Waals surface area (Å²) >= 11 is 0. The third kappa shape index (κ3) is 7.19. The third-order valence-electron chi connectivity index (χ3n) is 3.92. The minimum atomic E-state index is -1.12. The lowest BCUT2D eigenvalue weighted by atomic mass is 10.0. The van der Waals surface area contributed by atoms with E-state index in [0.29, 0.717) is 5.56 Å². The first-order valence-corrected chi connectivity index (χ1v) is 8.99. The van der Waals surface area contributed by atoms with E-state index in [2.05, 4.69) is 5.16 Å². The normalized spacial score (nSPS) is 13.3. The molecule has 0 fully saturated rings. The lowest BCUT2D eigenvalue weighted by Crippen LogP contribution is -2.32. The van der Waals surface area contributed by atoms with Gasteiger partial charge in [0.1, 0.15) is 12.5 Å². The Morgan fingerprint density at radius 2 is 1.86 bits per heavy atom. The van der Waals surface area contributed by atoms with Crippen molar-refractivity contribution in [3.05, 3.63) is 81.9 Å². The van der Waals surface area contributed by atoms with Crippen molar-refractivity contribution in [2.24, 2.45) is 11.1 Å². The van der Waals surface area contributed by atoms with Crippen LogP contribution in [0.3, 0.4) is 0 Å². The average Bonchev–Trinajstić information content (AvgIpc) is 2.73. The first kappa shape index (κ1) is 21.8. The number of nitro benzene ring substituents is 1. The van der Waals surface area contributed by atoms with Crippen LogP contribution in [-0.2, 0) is 14.4 Å². The van der Waals surface area contributed by atoms with Gasteiger partial charge in [0.2, 0.25) is 0 Å². The largest absolute Gasteiger partial charge is 0.466 e. The highest BCUT2D eigenvalue weighted by molar-refractivity contribution is 5.79. The van der Waals surface area contributed by atoms with Crippen molar-refractivity contribution >= 4 is 23.9 Å². The molecule has 1 N–H and O–H groups in total. The number of oxime groups is 1. The Morgan fingerprint density at radius 3 is 2.48 bits per heavy atom. The summed E-state index contributed by atoms with van der Waals surface area (Å²) in [6, 6.07) is 15.1. The quantitative estimate of drug-likeness (QED) is 0.285. The van der Waals surface area contributed by atoms with Crippen molar-refractivity contribution in [2.45, 2.75) is 13.0 Å². The molecule has 2 rings (SSSR count). The van der Waals surface area contributed by atoms with Gasteiger partial charge in [-0.15, -0.1) is 0 Å². The number of non-ortho nitro benzene ring substituents is 1. The molecule has 0 spiro atoms. The van der Waals surface area contributed by atoms with Crippen LogP contribution in [0.15, 0.2) is 65.8 Å². The highest BCUT2D eigenvalue weighted by Gasteiger charge is 2.27. The van der Waals surface area contributed by atoms with Crippen LogP contribution in [0, 0.1) is 16.0 Å². The fourth-order valence-electron chi connectivity index (χ4n) is 2.37. The van der Waals surface area contributed by atoms with Gasteiger partial charge in [0.05, 0.1) is 23.8 Å². The number of ether oxygens (including phenoxy) is 1. The summed E-state index contributed by atoms with van der Waals surface area (Å²) in [5.41, 5.74) is 1.44. The smallest absolute Gasteiger partial charge is 0.315 e. The Morgan fingerprint density at radius 1 is 1.17 bits per heavy atom. The monoisotopic (exact) mass is 398 g/mol. The summed E-state index contributed by atoms with van der Waals surface area (Å²) in [5.74, 6) is -1.55. The van der Waals surface area contributed by atoms with E-state index in [0.717, 1.165) is 5.56 Å². The van der Waals surface area contributed by atoms with Gasteiger partial charge >= 0.3 is 5.97 Å². The van der Waals surface area contributed by atoms with Crippen LogP contribution in [0.25, 0.3) is 6.08 Å². The molecule has 0 unspecified atom stereocenters. The SMILES string of the molecule is CCOC(=O)[C@H](CO/N=C/c1ccc([N+](=O)[O-])cc1)[C@H](O)/C=C/c1ccccc1. The highest BCUT2D eigenvalue weighted by Crippen LogP contribution is 2.13. The summed E-state index contributed by atoms with van der Waals surface area (Å²) in [4.78, 5) is 27.5. The maximum Gasteiger partial charge on any atom is 0.315 e. The van der Waals surface area contributed by atoms with E-state index in [4.69, 9.17) is 9.57 Å². The molecule has 0 saturated heterocycles. The summed E-state index contributed by atoms with van der Waals surface area (Å²) in [6.45, 7) is 1.66. The molecular formula is C21H22N2O6. The summed E-state index contributed by atoms with van der Waals surface area (Å²) in [7, 11) is 0. The maximum atomic E-state index is 12.1. The van der Waals surface area contributed by atoms with Crippen LogP contribution < -0.4 is 0 Å². The lowest BCUT2D eigenvalue weighted by molar-refractivity contribution is -0.384. The molecule has 0 bridgehead atoms. The van der Waals surface area contributed by atoms with Crippen LogP contribution in [0.2, 0.25) is 0 Å². The van der Waals surface area contributed by atoms with Gasteiger partial charge in [-0.05, 0) is 30.2 Å². The van der Waals surface area contributed by atoms with Crippen molar-refractivity contribution in [3.8, 4) is 0 Å². The molecule has 152 valence electrons. The van der Waals surface area contributed by atoms with Gasteiger partial charge in [-0.1, -0.05) is 47.6 Å². The first-order valence-electron chi connectivity index (χ1n) is 8.99. The standard InChI is InChI=1S/C21H22N2O6/c1-2-28-21(25)19(20(24)13-10-16-6-4-3-5-7-16)15-29-22-14-17-8-11-18(12-9-17)23(26)27/h3-14,19-20,24H,2,15H2,1H3/b13-10+,22-14+/t19-,20-/m1/s1. The third-order valence-corrected chi connectivity index (χ3v) is 3.92. The predicted molar refractivity (Wildman–Crippen MR) is 108 cm³/mol. The molecule has 0 aromatic heterocycles. The second-order valence-corrected chi connectivity index (χ2v) is 6.00. The van der Waals surface area contributed by atoms with Crippen LogP contribution in [0.4, 0.5) is 5.69 Å². The molecular weight excluding hydrogens is 376 g/mol. The molecule has 2 aromatic rings. The van der Waals surface area contributed by atoms with Crippen molar-refractivity contribution in [1.29, 1.82) is 0 Å². The number of carbonyl (C=O) groups excluding carboxylic acids is 1. The van der Waals surface area contributed by atoms with Crippen molar-refractivity contribution in [2.75, 3.05) is 13.2 Å². The predicted octanol–water partition coefficient (Wildman–Crippen LogP) is 3.20. The first-order chi connectivity index (χ1) is 14.0. The van der Waals surface area contributed by atoms with Gasteiger partial charge in [-0.3, -0.25) is 14.9 Å². The summed E-state index contributed by atoms with van der Waals surface area (Å²) in [5, 5.41) is 24.8. The minimum absolute atomic E-state index is 0.0289. The van der Waals surface area contributed by atoms with E-state index in [9.17, 15) is 20.0 Å². The Kier molecular flexibility index (Phi) is 8.52. The molecule has 0 radical (unpaired) electrons. The molecule has 0 aliphatic rings. The number of nitrogens with zero attached hydrogens (tertiary/aromatic N) is 2. The molecule has 0 aliphatic carbocycles. The number of hydrogen-bond donors (Lipinski definition) is 1. The van der Waals surface area contributed by atoms with Gasteiger partial charge in [0.25, 0.3) is 5.69 Å². The number of aliphatic hydroxyl groups excluding tert-OH is 1. The highest BCUT2D eigenvalue weighted by atomic mass is 16.6. The number of aliphatic hydroxyl groups is 1. The Labute approximate surface area is 168 Å². The van der Waals surface area contributed by atoms with Crippen molar-refractivity contribution < 1.29 is 24.4 Å². The van der Waals surface area contributed by atoms with Gasteiger partial charge in [0.15, 0.2) is 0 Å². The lowest BCUT2D eigenvalue weighted by Gasteiger charge is -2.17. The van der Waals surface area contributed by atoms with E-state index in [1.54, 1.807) is 13.0 Å². The molecule has 0 heterocycles. The second kappa shape index (κ2) is 11.4. The summed E-state index contributed by atoms with van der Waals surface area (Å²) < 4.78 is 5.00. The fourth-order valence-corrected chi connectivity index (χ4v) is 2.37. The van der Waals surface area contributed by atoms with E-state index in [1.807, 2.05) is 30.3 Å². The van der Waals surface area contributed by atoms with E-state index in [-0.39, 0.29) is 18.9 Å². The second-order valence-electron chi connectivity index (χ2n) is 6.00. The molecule has 0 saturated carbocycles. The molecule has 0 aliphatic heterocycles. The zero-order chi connectivity index (χ0) is 21.1. The van der Waals surface area contributed by atoms with Gasteiger partial charge in [0, 0.05) is 12.1 Å². The Bertz CT molecular complexity index is 849. The van der Waals surface area contributed by atoms with Gasteiger partial charge < -0.3 is 14.7 Å². The minimum Gasteiger partial charge on any atom is -0.466 e. The number of carbonyl (C=O) groups is 1. The van der Waals surface area contributed by atoms with Gasteiger partial charge in [-0.25, -0.2) is 0 Å². The number of nitro groups is 1.